The highest BCUT2D eigenvalue weighted by atomic mass is 35.5. The number of hydroxylamine groups is 1. The van der Waals surface area contributed by atoms with E-state index in [9.17, 15) is 14.4 Å². The minimum absolute atomic E-state index is 0.127. The highest BCUT2D eigenvalue weighted by molar-refractivity contribution is 6.31. The van der Waals surface area contributed by atoms with E-state index in [0.29, 0.717) is 54.5 Å². The van der Waals surface area contributed by atoms with Crippen LogP contribution in [0.2, 0.25) is 5.02 Å². The SMILES string of the molecule is COc1c(C)cc(Cl)cc1C(=O)ONC(=O)CCN1CCC(OC(=O)Nc2ccccc2-c2ccccc2)CC1. The van der Waals surface area contributed by atoms with E-state index >= 15 is 0 Å². The Hall–Kier alpha value is -4.08. The summed E-state index contributed by atoms with van der Waals surface area (Å²) in [6, 6.07) is 20.5. The first-order valence-corrected chi connectivity index (χ1v) is 13.4. The summed E-state index contributed by atoms with van der Waals surface area (Å²) in [5.41, 5.74) is 5.61. The fourth-order valence-electron chi connectivity index (χ4n) is 4.62. The number of benzene rings is 3. The van der Waals surface area contributed by atoms with Gasteiger partial charge >= 0.3 is 12.1 Å². The molecule has 9 nitrogen and oxygen atoms in total. The van der Waals surface area contributed by atoms with Gasteiger partial charge in [-0.2, -0.15) is 5.48 Å². The quantitative estimate of drug-likeness (QED) is 0.342. The van der Waals surface area contributed by atoms with E-state index in [2.05, 4.69) is 15.7 Å². The predicted molar refractivity (Wildman–Crippen MR) is 152 cm³/mol. The first-order chi connectivity index (χ1) is 19.3. The Morgan fingerprint density at radius 1 is 1.00 bits per heavy atom. The van der Waals surface area contributed by atoms with Crippen molar-refractivity contribution in [1.82, 2.24) is 10.4 Å². The maximum Gasteiger partial charge on any atom is 0.411 e. The highest BCUT2D eigenvalue weighted by Crippen LogP contribution is 2.29. The zero-order chi connectivity index (χ0) is 28.5. The van der Waals surface area contributed by atoms with Gasteiger partial charge < -0.3 is 19.2 Å². The summed E-state index contributed by atoms with van der Waals surface area (Å²) in [6.07, 6.45) is 0.734. The number of likely N-dealkylation sites (tertiary alicyclic amines) is 1. The number of para-hydroxylation sites is 1. The number of nitrogens with zero attached hydrogens (tertiary/aromatic N) is 1. The number of piperidine rings is 1. The summed E-state index contributed by atoms with van der Waals surface area (Å²) in [7, 11) is 1.44. The molecule has 0 radical (unpaired) electrons. The van der Waals surface area contributed by atoms with Crippen LogP contribution in [0.3, 0.4) is 0 Å². The van der Waals surface area contributed by atoms with Gasteiger partial charge in [-0.3, -0.25) is 10.1 Å². The molecule has 210 valence electrons. The van der Waals surface area contributed by atoms with Gasteiger partial charge in [0.15, 0.2) is 0 Å². The number of amides is 2. The summed E-state index contributed by atoms with van der Waals surface area (Å²) >= 11 is 6.04. The van der Waals surface area contributed by atoms with E-state index < -0.39 is 18.0 Å². The topological polar surface area (TPSA) is 106 Å². The van der Waals surface area contributed by atoms with Crippen molar-refractivity contribution in [2.45, 2.75) is 32.3 Å². The Bertz CT molecular complexity index is 1340. The van der Waals surface area contributed by atoms with Crippen molar-refractivity contribution < 1.29 is 28.7 Å². The average Bonchev–Trinajstić information content (AvgIpc) is 2.96. The second kappa shape index (κ2) is 13.8. The van der Waals surface area contributed by atoms with Crippen molar-refractivity contribution in [3.63, 3.8) is 0 Å². The van der Waals surface area contributed by atoms with E-state index in [-0.39, 0.29) is 18.1 Å². The van der Waals surface area contributed by atoms with Crippen molar-refractivity contribution in [3.05, 3.63) is 82.9 Å². The van der Waals surface area contributed by atoms with Gasteiger partial charge in [0, 0.05) is 36.6 Å². The number of rotatable bonds is 8. The van der Waals surface area contributed by atoms with E-state index in [1.54, 1.807) is 13.0 Å². The van der Waals surface area contributed by atoms with Crippen LogP contribution in [0.5, 0.6) is 5.75 Å². The van der Waals surface area contributed by atoms with Crippen LogP contribution in [-0.4, -0.2) is 55.7 Å². The Morgan fingerprint density at radius 2 is 1.70 bits per heavy atom. The fraction of sp³-hybridized carbons (Fsp3) is 0.300. The molecule has 1 aliphatic rings. The van der Waals surface area contributed by atoms with E-state index in [0.717, 1.165) is 11.1 Å². The number of anilines is 1. The molecule has 3 aromatic rings. The molecule has 10 heteroatoms. The summed E-state index contributed by atoms with van der Waals surface area (Å²) in [6.45, 7) is 3.58. The molecule has 0 saturated carbocycles. The van der Waals surface area contributed by atoms with E-state index in [1.807, 2.05) is 54.6 Å². The average molecular weight is 566 g/mol. The van der Waals surface area contributed by atoms with E-state index in [1.165, 1.54) is 13.2 Å². The molecule has 1 heterocycles. The lowest BCUT2D eigenvalue weighted by Gasteiger charge is -2.31. The Morgan fingerprint density at radius 3 is 2.42 bits per heavy atom. The standard InChI is InChI=1S/C30H32ClN3O6/c1-20-18-22(31)19-25(28(20)38-2)29(36)40-33-27(35)14-17-34-15-12-23(13-16-34)39-30(37)32-26-11-7-6-10-24(26)21-8-4-3-5-9-21/h3-11,18-19,23H,12-17H2,1-2H3,(H,32,37)(H,33,35). The molecule has 0 aliphatic carbocycles. The molecular formula is C30H32ClN3O6. The molecule has 40 heavy (non-hydrogen) atoms. The van der Waals surface area contributed by atoms with Crippen LogP contribution in [0.25, 0.3) is 11.1 Å². The summed E-state index contributed by atoms with van der Waals surface area (Å²) in [5.74, 6) is -0.859. The molecule has 1 saturated heterocycles. The van der Waals surface area contributed by atoms with Gasteiger partial charge in [-0.25, -0.2) is 9.59 Å². The molecular weight excluding hydrogens is 534 g/mol. The third-order valence-corrected chi connectivity index (χ3v) is 6.85. The minimum Gasteiger partial charge on any atom is -0.496 e. The smallest absolute Gasteiger partial charge is 0.411 e. The highest BCUT2D eigenvalue weighted by Gasteiger charge is 2.24. The largest absolute Gasteiger partial charge is 0.496 e. The second-order valence-corrected chi connectivity index (χ2v) is 9.89. The van der Waals surface area contributed by atoms with Gasteiger partial charge in [0.05, 0.1) is 12.8 Å². The van der Waals surface area contributed by atoms with Crippen LogP contribution >= 0.6 is 11.6 Å². The molecule has 1 fully saturated rings. The number of halogens is 1. The fourth-order valence-corrected chi connectivity index (χ4v) is 4.90. The maximum absolute atomic E-state index is 12.6. The number of nitrogens with one attached hydrogen (secondary N) is 2. The third kappa shape index (κ3) is 7.74. The number of carbonyl (C=O) groups is 3. The summed E-state index contributed by atoms with van der Waals surface area (Å²) < 4.78 is 10.9. The van der Waals surface area contributed by atoms with Gasteiger partial charge in [-0.1, -0.05) is 60.1 Å². The molecule has 4 rings (SSSR count). The van der Waals surface area contributed by atoms with Crippen molar-refractivity contribution in [2.24, 2.45) is 0 Å². The number of carbonyl (C=O) groups excluding carboxylic acids is 3. The van der Waals surface area contributed by atoms with Crippen molar-refractivity contribution in [3.8, 4) is 16.9 Å². The van der Waals surface area contributed by atoms with Crippen LogP contribution in [-0.2, 0) is 14.4 Å². The molecule has 2 N–H and O–H groups in total. The molecule has 0 atom stereocenters. The summed E-state index contributed by atoms with van der Waals surface area (Å²) in [4.78, 5) is 44.4. The Labute approximate surface area is 238 Å². The zero-order valence-electron chi connectivity index (χ0n) is 22.4. The van der Waals surface area contributed by atoms with Gasteiger partial charge in [-0.15, -0.1) is 0 Å². The predicted octanol–water partition coefficient (Wildman–Crippen LogP) is 5.62. The molecule has 0 aromatic heterocycles. The van der Waals surface area contributed by atoms with Crippen LogP contribution in [0.4, 0.5) is 10.5 Å². The first-order valence-electron chi connectivity index (χ1n) is 13.0. The Kier molecular flexibility index (Phi) is 9.99. The van der Waals surface area contributed by atoms with Crippen molar-refractivity contribution in [2.75, 3.05) is 32.1 Å². The van der Waals surface area contributed by atoms with Crippen molar-refractivity contribution in [1.29, 1.82) is 0 Å². The monoisotopic (exact) mass is 565 g/mol. The van der Waals surface area contributed by atoms with Gasteiger partial charge in [-0.05, 0) is 49.1 Å². The number of ether oxygens (including phenoxy) is 2. The number of methoxy groups -OCH3 is 1. The van der Waals surface area contributed by atoms with Crippen LogP contribution in [0, 0.1) is 6.92 Å². The summed E-state index contributed by atoms with van der Waals surface area (Å²) in [5, 5.41) is 3.23. The van der Waals surface area contributed by atoms with Crippen LogP contribution < -0.4 is 15.5 Å². The second-order valence-electron chi connectivity index (χ2n) is 9.45. The molecule has 3 aromatic carbocycles. The first kappa shape index (κ1) is 28.9. The maximum atomic E-state index is 12.6. The minimum atomic E-state index is -0.765. The van der Waals surface area contributed by atoms with E-state index in [4.69, 9.17) is 25.9 Å². The molecule has 2 amide bonds. The van der Waals surface area contributed by atoms with Crippen LogP contribution in [0.15, 0.2) is 66.7 Å². The Balaban J connectivity index is 1.18. The molecule has 1 aliphatic heterocycles. The lowest BCUT2D eigenvalue weighted by atomic mass is 10.0. The molecule has 0 spiro atoms. The molecule has 0 unspecified atom stereocenters. The molecule has 0 bridgehead atoms. The lowest BCUT2D eigenvalue weighted by molar-refractivity contribution is -0.130. The van der Waals surface area contributed by atoms with Gasteiger partial charge in [0.1, 0.15) is 17.4 Å². The lowest BCUT2D eigenvalue weighted by Crippen LogP contribution is -2.40. The number of aryl methyl sites for hydroxylation is 1. The number of hydrogen-bond acceptors (Lipinski definition) is 7. The zero-order valence-corrected chi connectivity index (χ0v) is 23.2. The van der Waals surface area contributed by atoms with Gasteiger partial charge in [0.25, 0.3) is 5.91 Å². The number of hydrogen-bond donors (Lipinski definition) is 2. The third-order valence-electron chi connectivity index (χ3n) is 6.63. The van der Waals surface area contributed by atoms with Crippen molar-refractivity contribution >= 4 is 35.3 Å². The van der Waals surface area contributed by atoms with Gasteiger partial charge in [0.2, 0.25) is 0 Å². The van der Waals surface area contributed by atoms with Crippen LogP contribution in [0.1, 0.15) is 35.2 Å². The normalized spacial score (nSPS) is 13.8.